The lowest BCUT2D eigenvalue weighted by atomic mass is 10.1. The first kappa shape index (κ1) is 22.1. The van der Waals surface area contributed by atoms with E-state index in [4.69, 9.17) is 4.74 Å². The Bertz CT molecular complexity index is 1510. The first-order valence-corrected chi connectivity index (χ1v) is 12.9. The molecule has 2 heterocycles. The number of nitrogens with zero attached hydrogens (tertiary/aromatic N) is 2. The van der Waals surface area contributed by atoms with E-state index in [1.54, 1.807) is 24.4 Å². The molecule has 0 radical (unpaired) electrons. The number of aromatic nitrogens is 3. The van der Waals surface area contributed by atoms with Crippen molar-refractivity contribution in [3.63, 3.8) is 0 Å². The summed E-state index contributed by atoms with van der Waals surface area (Å²) in [6.45, 7) is 1.90. The Balaban J connectivity index is 1.31. The Morgan fingerprint density at radius 2 is 1.94 bits per heavy atom. The molecule has 0 bridgehead atoms. The summed E-state index contributed by atoms with van der Waals surface area (Å²) in [6, 6.07) is 13.9. The van der Waals surface area contributed by atoms with Crippen molar-refractivity contribution in [2.24, 2.45) is 0 Å². The molecule has 2 aromatic carbocycles. The van der Waals surface area contributed by atoms with Gasteiger partial charge in [0.1, 0.15) is 11.5 Å². The van der Waals surface area contributed by atoms with E-state index in [0.29, 0.717) is 34.1 Å². The predicted molar refractivity (Wildman–Crippen MR) is 129 cm³/mol. The first-order valence-electron chi connectivity index (χ1n) is 11.0. The molecule has 1 saturated carbocycles. The van der Waals surface area contributed by atoms with Crippen molar-refractivity contribution >= 4 is 32.5 Å². The van der Waals surface area contributed by atoms with Crippen LogP contribution < -0.4 is 10.1 Å². The lowest BCUT2D eigenvalue weighted by Gasteiger charge is -2.13. The first-order chi connectivity index (χ1) is 16.3. The van der Waals surface area contributed by atoms with Crippen molar-refractivity contribution in [1.29, 1.82) is 0 Å². The summed E-state index contributed by atoms with van der Waals surface area (Å²) in [7, 11) is -3.36. The number of fused-ring (bicyclic) bond motifs is 1. The van der Waals surface area contributed by atoms with E-state index in [9.17, 15) is 13.2 Å². The van der Waals surface area contributed by atoms with Gasteiger partial charge in [-0.05, 0) is 61.2 Å². The second-order valence-electron chi connectivity index (χ2n) is 8.67. The molecular formula is C25H24N4O4S. The third-order valence-electron chi connectivity index (χ3n) is 5.81. The SMILES string of the molecule is Cc1cc(CC(=O)Nc2cc(C3CC3)[nH]n2)ccc1Oc1ccnc2ccc(S(C)(=O)=O)cc12. The molecule has 0 spiro atoms. The summed E-state index contributed by atoms with van der Waals surface area (Å²) < 4.78 is 30.1. The molecular weight excluding hydrogens is 452 g/mol. The number of rotatable bonds is 7. The summed E-state index contributed by atoms with van der Waals surface area (Å²) in [6.07, 6.45) is 5.33. The van der Waals surface area contributed by atoms with E-state index in [0.717, 1.165) is 29.7 Å². The summed E-state index contributed by atoms with van der Waals surface area (Å²) in [5.74, 6) is 2.07. The zero-order valence-electron chi connectivity index (χ0n) is 18.8. The fourth-order valence-electron chi connectivity index (χ4n) is 3.85. The summed E-state index contributed by atoms with van der Waals surface area (Å²) >= 11 is 0. The number of nitrogens with one attached hydrogen (secondary N) is 2. The Morgan fingerprint density at radius 1 is 1.12 bits per heavy atom. The van der Waals surface area contributed by atoms with Crippen molar-refractivity contribution in [2.75, 3.05) is 11.6 Å². The number of hydrogen-bond acceptors (Lipinski definition) is 6. The van der Waals surface area contributed by atoms with E-state index >= 15 is 0 Å². The number of amides is 1. The molecule has 8 nitrogen and oxygen atoms in total. The van der Waals surface area contributed by atoms with Crippen LogP contribution in [0.5, 0.6) is 11.5 Å². The number of hydrogen-bond donors (Lipinski definition) is 2. The topological polar surface area (TPSA) is 114 Å². The highest BCUT2D eigenvalue weighted by atomic mass is 32.2. The monoisotopic (exact) mass is 476 g/mol. The highest BCUT2D eigenvalue weighted by Gasteiger charge is 2.25. The van der Waals surface area contributed by atoms with E-state index in [-0.39, 0.29) is 17.2 Å². The zero-order valence-corrected chi connectivity index (χ0v) is 19.6. The van der Waals surface area contributed by atoms with E-state index in [1.165, 1.54) is 12.3 Å². The van der Waals surface area contributed by atoms with Crippen LogP contribution in [0.4, 0.5) is 5.82 Å². The number of carbonyl (C=O) groups excluding carboxylic acids is 1. The third kappa shape index (κ3) is 4.79. The van der Waals surface area contributed by atoms with E-state index < -0.39 is 9.84 Å². The molecule has 34 heavy (non-hydrogen) atoms. The van der Waals surface area contributed by atoms with Gasteiger partial charge in [0.2, 0.25) is 5.91 Å². The van der Waals surface area contributed by atoms with Crippen molar-refractivity contribution in [1.82, 2.24) is 15.2 Å². The quantitative estimate of drug-likeness (QED) is 0.405. The Kier molecular flexibility index (Phi) is 5.57. The van der Waals surface area contributed by atoms with Crippen LogP contribution in [0.25, 0.3) is 10.9 Å². The Hall–Kier alpha value is -3.72. The molecule has 5 rings (SSSR count). The third-order valence-corrected chi connectivity index (χ3v) is 6.92. The highest BCUT2D eigenvalue weighted by Crippen LogP contribution is 2.39. The standard InChI is InChI=1S/C25H24N4O4S/c1-15-11-16(12-25(30)27-24-14-21(28-29-24)17-4-5-17)3-8-22(15)33-23-9-10-26-20-7-6-18(13-19(20)23)34(2,31)32/h3,6-11,13-14,17H,4-5,12H2,1-2H3,(H2,27,28,29,30). The number of aryl methyl sites for hydroxylation is 1. The number of benzene rings is 2. The van der Waals surface area contributed by atoms with Gasteiger partial charge in [-0.3, -0.25) is 14.9 Å². The number of anilines is 1. The molecule has 0 aliphatic heterocycles. The molecule has 0 saturated heterocycles. The number of pyridine rings is 1. The molecule has 1 aliphatic carbocycles. The molecule has 0 unspecified atom stereocenters. The number of ether oxygens (including phenoxy) is 1. The van der Waals surface area contributed by atoms with E-state index in [2.05, 4.69) is 20.5 Å². The molecule has 1 aliphatic rings. The van der Waals surface area contributed by atoms with Gasteiger partial charge in [-0.1, -0.05) is 12.1 Å². The van der Waals surface area contributed by atoms with Crippen LogP contribution in [-0.4, -0.2) is 35.8 Å². The summed E-state index contributed by atoms with van der Waals surface area (Å²) in [5.41, 5.74) is 3.41. The van der Waals surface area contributed by atoms with Gasteiger partial charge in [0.25, 0.3) is 0 Å². The molecule has 2 aromatic heterocycles. The zero-order chi connectivity index (χ0) is 23.9. The van der Waals surface area contributed by atoms with Crippen molar-refractivity contribution in [2.45, 2.75) is 37.0 Å². The van der Waals surface area contributed by atoms with Crippen LogP contribution in [0.3, 0.4) is 0 Å². The molecule has 0 atom stereocenters. The van der Waals surface area contributed by atoms with Crippen LogP contribution in [0, 0.1) is 6.92 Å². The van der Waals surface area contributed by atoms with Gasteiger partial charge in [0, 0.05) is 35.5 Å². The molecule has 2 N–H and O–H groups in total. The maximum atomic E-state index is 12.5. The number of carbonyl (C=O) groups is 1. The van der Waals surface area contributed by atoms with Crippen molar-refractivity contribution in [3.05, 3.63) is 71.5 Å². The molecule has 4 aromatic rings. The second kappa shape index (κ2) is 8.57. The van der Waals surface area contributed by atoms with Crippen molar-refractivity contribution < 1.29 is 17.9 Å². The van der Waals surface area contributed by atoms with Gasteiger partial charge in [-0.2, -0.15) is 5.10 Å². The summed E-state index contributed by atoms with van der Waals surface area (Å²) in [4.78, 5) is 17.0. The van der Waals surface area contributed by atoms with Gasteiger partial charge in [0.15, 0.2) is 15.7 Å². The normalized spacial score (nSPS) is 13.7. The van der Waals surface area contributed by atoms with Crippen LogP contribution in [0.2, 0.25) is 0 Å². The average Bonchev–Trinajstić information content (AvgIpc) is 3.54. The van der Waals surface area contributed by atoms with Crippen LogP contribution >= 0.6 is 0 Å². The average molecular weight is 477 g/mol. The molecule has 9 heteroatoms. The minimum Gasteiger partial charge on any atom is -0.456 e. The Labute approximate surface area is 197 Å². The van der Waals surface area contributed by atoms with Crippen molar-refractivity contribution in [3.8, 4) is 11.5 Å². The largest absolute Gasteiger partial charge is 0.456 e. The van der Waals surface area contributed by atoms with E-state index in [1.807, 2.05) is 31.2 Å². The van der Waals surface area contributed by atoms with Gasteiger partial charge in [-0.15, -0.1) is 0 Å². The van der Waals surface area contributed by atoms with Crippen LogP contribution in [-0.2, 0) is 21.1 Å². The van der Waals surface area contributed by atoms with Gasteiger partial charge >= 0.3 is 0 Å². The lowest BCUT2D eigenvalue weighted by molar-refractivity contribution is -0.115. The van der Waals surface area contributed by atoms with Crippen LogP contribution in [0.15, 0.2) is 59.6 Å². The number of sulfone groups is 1. The summed E-state index contributed by atoms with van der Waals surface area (Å²) in [5, 5.41) is 10.6. The minimum absolute atomic E-state index is 0.143. The smallest absolute Gasteiger partial charge is 0.229 e. The number of aromatic amines is 1. The molecule has 174 valence electrons. The van der Waals surface area contributed by atoms with Crippen LogP contribution in [0.1, 0.15) is 35.6 Å². The highest BCUT2D eigenvalue weighted by molar-refractivity contribution is 7.90. The minimum atomic E-state index is -3.36. The van der Waals surface area contributed by atoms with Gasteiger partial charge in [-0.25, -0.2) is 8.42 Å². The maximum absolute atomic E-state index is 12.5. The molecule has 1 amide bonds. The number of H-pyrrole nitrogens is 1. The maximum Gasteiger partial charge on any atom is 0.229 e. The lowest BCUT2D eigenvalue weighted by Crippen LogP contribution is -2.14. The predicted octanol–water partition coefficient (Wildman–Crippen LogP) is 4.52. The van der Waals surface area contributed by atoms with Gasteiger partial charge in [0.05, 0.1) is 16.8 Å². The fraction of sp³-hybridized carbons (Fsp3) is 0.240. The fourth-order valence-corrected chi connectivity index (χ4v) is 4.50. The Morgan fingerprint density at radius 3 is 2.68 bits per heavy atom. The molecule has 1 fully saturated rings. The van der Waals surface area contributed by atoms with Gasteiger partial charge < -0.3 is 10.1 Å². The second-order valence-corrected chi connectivity index (χ2v) is 10.7.